The van der Waals surface area contributed by atoms with Gasteiger partial charge in [0.2, 0.25) is 5.91 Å². The number of carbonyl (C=O) groups excluding carboxylic acids is 1. The van der Waals surface area contributed by atoms with Crippen molar-refractivity contribution in [3.8, 4) is 0 Å². The van der Waals surface area contributed by atoms with Crippen LogP contribution in [-0.4, -0.2) is 48.5 Å². The molecule has 140 valence electrons. The van der Waals surface area contributed by atoms with E-state index in [4.69, 9.17) is 10.2 Å². The molecule has 0 spiro atoms. The van der Waals surface area contributed by atoms with Crippen molar-refractivity contribution in [2.24, 2.45) is 11.7 Å². The Morgan fingerprint density at radius 3 is 2.60 bits per heavy atom. The predicted molar refractivity (Wildman–Crippen MR) is 105 cm³/mol. The van der Waals surface area contributed by atoms with Gasteiger partial charge >= 0.3 is 0 Å². The van der Waals surface area contributed by atoms with Gasteiger partial charge in [0.05, 0.1) is 0 Å². The maximum absolute atomic E-state index is 12.5. The number of likely N-dealkylation sites (N-methyl/N-ethyl adjacent to an activating group) is 1. The number of benzene rings is 1. The number of hydrogen-bond acceptors (Lipinski definition) is 5. The maximum atomic E-state index is 12.5. The number of aromatic nitrogens is 1. The maximum Gasteiger partial charge on any atom is 0.298 e. The largest absolute Gasteiger partial charge is 0.423 e. The van der Waals surface area contributed by atoms with E-state index in [1.165, 1.54) is 0 Å². The van der Waals surface area contributed by atoms with Gasteiger partial charge in [-0.15, -0.1) is 24.8 Å². The Hall–Kier alpha value is -1.50. The average Bonchev–Trinajstić information content (AvgIpc) is 3.04. The first-order valence-electron chi connectivity index (χ1n) is 8.17. The molecule has 0 aliphatic carbocycles. The van der Waals surface area contributed by atoms with Gasteiger partial charge in [-0.05, 0) is 31.9 Å². The third-order valence-electron chi connectivity index (χ3n) is 4.75. The summed E-state index contributed by atoms with van der Waals surface area (Å²) in [5, 5.41) is 0. The summed E-state index contributed by atoms with van der Waals surface area (Å²) in [7, 11) is 1.84. The first-order chi connectivity index (χ1) is 11.1. The smallest absolute Gasteiger partial charge is 0.298 e. The van der Waals surface area contributed by atoms with Gasteiger partial charge in [-0.1, -0.05) is 12.1 Å². The molecule has 1 unspecified atom stereocenters. The molecule has 25 heavy (non-hydrogen) atoms. The zero-order chi connectivity index (χ0) is 16.4. The molecule has 1 aromatic carbocycles. The summed E-state index contributed by atoms with van der Waals surface area (Å²) in [6, 6.07) is 8.50. The first-order valence-corrected chi connectivity index (χ1v) is 8.17. The Kier molecular flexibility index (Phi) is 7.99. The van der Waals surface area contributed by atoms with Crippen molar-refractivity contribution in [2.75, 3.05) is 31.6 Å². The van der Waals surface area contributed by atoms with Crippen LogP contribution in [-0.2, 0) is 4.79 Å². The van der Waals surface area contributed by atoms with Crippen molar-refractivity contribution in [2.45, 2.75) is 25.8 Å². The lowest BCUT2D eigenvalue weighted by Gasteiger charge is -2.34. The number of oxazole rings is 1. The SMILES string of the molecule is CC(CN)N(C)C(=O)C1CCN(c2nc3ccccc3o2)CC1.Cl.Cl. The molecule has 1 aromatic heterocycles. The number of rotatable bonds is 4. The molecular weight excluding hydrogens is 363 g/mol. The number of anilines is 1. The van der Waals surface area contributed by atoms with Crippen LogP contribution < -0.4 is 10.6 Å². The van der Waals surface area contributed by atoms with Gasteiger partial charge < -0.3 is 20.0 Å². The zero-order valence-corrected chi connectivity index (χ0v) is 16.2. The second-order valence-electron chi connectivity index (χ2n) is 6.26. The van der Waals surface area contributed by atoms with Crippen molar-refractivity contribution < 1.29 is 9.21 Å². The summed E-state index contributed by atoms with van der Waals surface area (Å²) in [6.07, 6.45) is 1.64. The molecule has 2 N–H and O–H groups in total. The third-order valence-corrected chi connectivity index (χ3v) is 4.75. The lowest BCUT2D eigenvalue weighted by Crippen LogP contribution is -2.46. The van der Waals surface area contributed by atoms with Gasteiger partial charge in [-0.25, -0.2) is 0 Å². The Balaban J connectivity index is 0.00000156. The number of amides is 1. The van der Waals surface area contributed by atoms with Gasteiger partial charge in [-0.2, -0.15) is 4.98 Å². The van der Waals surface area contributed by atoms with E-state index in [1.54, 1.807) is 4.90 Å². The van der Waals surface area contributed by atoms with E-state index in [1.807, 2.05) is 38.2 Å². The molecule has 1 aliphatic rings. The highest BCUT2D eigenvalue weighted by Crippen LogP contribution is 2.27. The second kappa shape index (κ2) is 9.27. The van der Waals surface area contributed by atoms with Gasteiger partial charge in [-0.3, -0.25) is 4.79 Å². The Morgan fingerprint density at radius 2 is 2.00 bits per heavy atom. The highest BCUT2D eigenvalue weighted by Gasteiger charge is 2.30. The average molecular weight is 389 g/mol. The molecule has 1 saturated heterocycles. The number of hydrogen-bond donors (Lipinski definition) is 1. The third kappa shape index (κ3) is 4.57. The van der Waals surface area contributed by atoms with Crippen LogP contribution >= 0.6 is 24.8 Å². The van der Waals surface area contributed by atoms with E-state index >= 15 is 0 Å². The zero-order valence-electron chi connectivity index (χ0n) is 14.6. The van der Waals surface area contributed by atoms with Crippen LogP contribution in [0.2, 0.25) is 0 Å². The molecule has 1 amide bonds. The van der Waals surface area contributed by atoms with Crippen molar-refractivity contribution in [1.82, 2.24) is 9.88 Å². The highest BCUT2D eigenvalue weighted by molar-refractivity contribution is 5.85. The predicted octanol–water partition coefficient (Wildman–Crippen LogP) is 2.69. The number of carbonyl (C=O) groups is 1. The number of nitrogens with zero attached hydrogens (tertiary/aromatic N) is 3. The first kappa shape index (κ1) is 21.5. The van der Waals surface area contributed by atoms with Gasteiger partial charge in [0.1, 0.15) is 5.52 Å². The molecule has 2 heterocycles. The molecule has 0 bridgehead atoms. The lowest BCUT2D eigenvalue weighted by atomic mass is 9.95. The van der Waals surface area contributed by atoms with Crippen molar-refractivity contribution in [1.29, 1.82) is 0 Å². The monoisotopic (exact) mass is 388 g/mol. The number of halogens is 2. The summed E-state index contributed by atoms with van der Waals surface area (Å²) in [5.74, 6) is 0.259. The second-order valence-corrected chi connectivity index (χ2v) is 6.26. The molecule has 3 rings (SSSR count). The summed E-state index contributed by atoms with van der Waals surface area (Å²) in [6.45, 7) is 4.04. The fourth-order valence-electron chi connectivity index (χ4n) is 2.98. The normalized spacial score (nSPS) is 16.0. The quantitative estimate of drug-likeness (QED) is 0.870. The fraction of sp³-hybridized carbons (Fsp3) is 0.529. The van der Waals surface area contributed by atoms with Gasteiger partial charge in [0.15, 0.2) is 5.58 Å². The van der Waals surface area contributed by atoms with E-state index in [0.717, 1.165) is 37.0 Å². The molecule has 1 aliphatic heterocycles. The van der Waals surface area contributed by atoms with E-state index in [0.29, 0.717) is 12.6 Å². The summed E-state index contributed by atoms with van der Waals surface area (Å²) in [5.41, 5.74) is 7.33. The van der Waals surface area contributed by atoms with E-state index in [9.17, 15) is 4.79 Å². The molecule has 1 atom stereocenters. The van der Waals surface area contributed by atoms with E-state index in [-0.39, 0.29) is 42.7 Å². The molecule has 8 heteroatoms. The van der Waals surface area contributed by atoms with Crippen LogP contribution in [0.1, 0.15) is 19.8 Å². The van der Waals surface area contributed by atoms with E-state index in [2.05, 4.69) is 9.88 Å². The number of piperidine rings is 1. The molecular formula is C17H26Cl2N4O2. The summed E-state index contributed by atoms with van der Waals surface area (Å²) >= 11 is 0. The van der Waals surface area contributed by atoms with Crippen LogP contribution in [0.15, 0.2) is 28.7 Å². The van der Waals surface area contributed by atoms with E-state index < -0.39 is 0 Å². The molecule has 2 aromatic rings. The molecule has 0 radical (unpaired) electrons. The number of nitrogens with two attached hydrogens (primary N) is 1. The Labute approximate surface area is 160 Å². The van der Waals surface area contributed by atoms with Crippen LogP contribution in [0.3, 0.4) is 0 Å². The number of para-hydroxylation sites is 2. The molecule has 1 fully saturated rings. The van der Waals surface area contributed by atoms with Crippen molar-refractivity contribution in [3.63, 3.8) is 0 Å². The van der Waals surface area contributed by atoms with Crippen LogP contribution in [0.25, 0.3) is 11.1 Å². The summed E-state index contributed by atoms with van der Waals surface area (Å²) < 4.78 is 5.81. The topological polar surface area (TPSA) is 75.6 Å². The minimum atomic E-state index is 0. The Bertz CT molecular complexity index is 653. The van der Waals surface area contributed by atoms with Crippen molar-refractivity contribution in [3.05, 3.63) is 24.3 Å². The Morgan fingerprint density at radius 1 is 1.36 bits per heavy atom. The number of fused-ring (bicyclic) bond motifs is 1. The fourth-order valence-corrected chi connectivity index (χ4v) is 2.98. The minimum Gasteiger partial charge on any atom is -0.423 e. The van der Waals surface area contributed by atoms with Crippen molar-refractivity contribution >= 4 is 47.8 Å². The molecule has 0 saturated carbocycles. The molecule has 6 nitrogen and oxygen atoms in total. The minimum absolute atomic E-state index is 0. The van der Waals surface area contributed by atoms with Crippen LogP contribution in [0.5, 0.6) is 0 Å². The van der Waals surface area contributed by atoms with Crippen LogP contribution in [0, 0.1) is 5.92 Å². The van der Waals surface area contributed by atoms with Crippen LogP contribution in [0.4, 0.5) is 6.01 Å². The van der Waals surface area contributed by atoms with Gasteiger partial charge in [0.25, 0.3) is 6.01 Å². The standard InChI is InChI=1S/C17H24N4O2.2ClH/c1-12(11-18)20(2)16(22)13-7-9-21(10-8-13)17-19-14-5-3-4-6-15(14)23-17;;/h3-6,12-13H,7-11,18H2,1-2H3;2*1H. The lowest BCUT2D eigenvalue weighted by molar-refractivity contribution is -0.136. The highest BCUT2D eigenvalue weighted by atomic mass is 35.5. The van der Waals surface area contributed by atoms with Gasteiger partial charge in [0, 0.05) is 38.6 Å². The summed E-state index contributed by atoms with van der Waals surface area (Å²) in [4.78, 5) is 20.9.